The van der Waals surface area contributed by atoms with Gasteiger partial charge in [-0.15, -0.1) is 0 Å². The summed E-state index contributed by atoms with van der Waals surface area (Å²) in [6, 6.07) is 2.34. The molecule has 1 unspecified atom stereocenters. The summed E-state index contributed by atoms with van der Waals surface area (Å²) in [5, 5.41) is 10.8. The largest absolute Gasteiger partial charge is 0.464 e. The van der Waals surface area contributed by atoms with Crippen LogP contribution in [0, 0.1) is 10.1 Å². The molecule has 0 aliphatic carbocycles. The zero-order chi connectivity index (χ0) is 14.5. The lowest BCUT2D eigenvalue weighted by molar-refractivity contribution is -0.384. The van der Waals surface area contributed by atoms with E-state index in [-0.39, 0.29) is 11.7 Å². The molecule has 2 rings (SSSR count). The minimum atomic E-state index is -0.464. The Morgan fingerprint density at radius 1 is 1.60 bits per heavy atom. The highest BCUT2D eigenvalue weighted by Gasteiger charge is 2.31. The summed E-state index contributed by atoms with van der Waals surface area (Å²) in [7, 11) is 0. The number of anilines is 1. The normalized spacial score (nSPS) is 18.6. The van der Waals surface area contributed by atoms with Crippen LogP contribution in [0.5, 0.6) is 0 Å². The number of nitrogens with zero attached hydrogens (tertiary/aromatic N) is 3. The predicted octanol–water partition coefficient (Wildman–Crippen LogP) is 1.91. The third kappa shape index (κ3) is 3.04. The standard InChI is InChI=1S/C13H17N3O4/c1-2-20-13(17)11-5-3-4-8-15(11)12-9-10(16(18)19)6-7-14-12/h6-7,9,11H,2-5,8H2,1H3. The van der Waals surface area contributed by atoms with Crippen LogP contribution in [-0.4, -0.2) is 35.1 Å². The van der Waals surface area contributed by atoms with Crippen molar-refractivity contribution in [2.45, 2.75) is 32.2 Å². The van der Waals surface area contributed by atoms with Crippen molar-refractivity contribution in [3.8, 4) is 0 Å². The number of hydrogen-bond acceptors (Lipinski definition) is 6. The fourth-order valence-electron chi connectivity index (χ4n) is 2.37. The highest BCUT2D eigenvalue weighted by molar-refractivity contribution is 5.80. The number of pyridine rings is 1. The molecule has 7 nitrogen and oxygen atoms in total. The number of piperidine rings is 1. The summed E-state index contributed by atoms with van der Waals surface area (Å²) in [5.74, 6) is 0.164. The van der Waals surface area contributed by atoms with Crippen LogP contribution in [0.4, 0.5) is 11.5 Å². The summed E-state index contributed by atoms with van der Waals surface area (Å²) in [4.78, 5) is 28.3. The molecule has 108 valence electrons. The van der Waals surface area contributed by atoms with Gasteiger partial charge in [-0.1, -0.05) is 0 Å². The maximum atomic E-state index is 12.0. The lowest BCUT2D eigenvalue weighted by Crippen LogP contribution is -2.46. The Labute approximate surface area is 116 Å². The first-order valence-corrected chi connectivity index (χ1v) is 6.67. The molecule has 1 fully saturated rings. The van der Waals surface area contributed by atoms with E-state index in [4.69, 9.17) is 4.74 Å². The topological polar surface area (TPSA) is 85.6 Å². The summed E-state index contributed by atoms with van der Waals surface area (Å²) >= 11 is 0. The average molecular weight is 279 g/mol. The molecule has 1 atom stereocenters. The van der Waals surface area contributed by atoms with Crippen LogP contribution >= 0.6 is 0 Å². The van der Waals surface area contributed by atoms with E-state index in [0.717, 1.165) is 12.8 Å². The second-order valence-electron chi connectivity index (χ2n) is 4.59. The third-order valence-corrected chi connectivity index (χ3v) is 3.30. The van der Waals surface area contributed by atoms with Gasteiger partial charge in [0.25, 0.3) is 5.69 Å². The quantitative estimate of drug-likeness (QED) is 0.475. The van der Waals surface area contributed by atoms with Crippen molar-refractivity contribution < 1.29 is 14.5 Å². The zero-order valence-corrected chi connectivity index (χ0v) is 11.3. The van der Waals surface area contributed by atoms with Gasteiger partial charge < -0.3 is 9.64 Å². The van der Waals surface area contributed by atoms with Crippen LogP contribution in [-0.2, 0) is 9.53 Å². The summed E-state index contributed by atoms with van der Waals surface area (Å²) < 4.78 is 5.07. The van der Waals surface area contributed by atoms with Crippen LogP contribution in [0.25, 0.3) is 0 Å². The van der Waals surface area contributed by atoms with E-state index in [0.29, 0.717) is 25.4 Å². The third-order valence-electron chi connectivity index (χ3n) is 3.30. The molecule has 1 aromatic heterocycles. The van der Waals surface area contributed by atoms with Crippen LogP contribution in [0.3, 0.4) is 0 Å². The van der Waals surface area contributed by atoms with Crippen molar-refractivity contribution in [2.75, 3.05) is 18.1 Å². The van der Waals surface area contributed by atoms with E-state index in [1.54, 1.807) is 11.8 Å². The molecule has 0 N–H and O–H groups in total. The van der Waals surface area contributed by atoms with Crippen molar-refractivity contribution in [1.29, 1.82) is 0 Å². The lowest BCUT2D eigenvalue weighted by Gasteiger charge is -2.34. The number of rotatable bonds is 4. The molecule has 1 aliphatic rings. The van der Waals surface area contributed by atoms with Gasteiger partial charge in [0.1, 0.15) is 11.9 Å². The van der Waals surface area contributed by atoms with Crippen LogP contribution < -0.4 is 4.90 Å². The highest BCUT2D eigenvalue weighted by atomic mass is 16.6. The Balaban J connectivity index is 2.25. The number of carbonyl (C=O) groups is 1. The van der Waals surface area contributed by atoms with E-state index < -0.39 is 11.0 Å². The number of hydrogen-bond donors (Lipinski definition) is 0. The molecule has 0 saturated carbocycles. The minimum Gasteiger partial charge on any atom is -0.464 e. The van der Waals surface area contributed by atoms with Gasteiger partial charge in [-0.05, 0) is 26.2 Å². The van der Waals surface area contributed by atoms with Gasteiger partial charge in [-0.25, -0.2) is 9.78 Å². The average Bonchev–Trinajstić information content (AvgIpc) is 2.47. The van der Waals surface area contributed by atoms with Crippen molar-refractivity contribution >= 4 is 17.5 Å². The first kappa shape index (κ1) is 14.2. The number of aromatic nitrogens is 1. The molecule has 7 heteroatoms. The van der Waals surface area contributed by atoms with Gasteiger partial charge in [-0.3, -0.25) is 10.1 Å². The molecule has 20 heavy (non-hydrogen) atoms. The highest BCUT2D eigenvalue weighted by Crippen LogP contribution is 2.26. The van der Waals surface area contributed by atoms with Crippen LogP contribution in [0.1, 0.15) is 26.2 Å². The van der Waals surface area contributed by atoms with E-state index in [1.807, 2.05) is 0 Å². The van der Waals surface area contributed by atoms with Gasteiger partial charge in [0, 0.05) is 18.8 Å². The molecule has 0 spiro atoms. The Morgan fingerprint density at radius 2 is 2.40 bits per heavy atom. The zero-order valence-electron chi connectivity index (χ0n) is 11.3. The van der Waals surface area contributed by atoms with Gasteiger partial charge in [-0.2, -0.15) is 0 Å². The van der Waals surface area contributed by atoms with Crippen molar-refractivity contribution in [1.82, 2.24) is 4.98 Å². The van der Waals surface area contributed by atoms with Gasteiger partial charge in [0.05, 0.1) is 17.6 Å². The molecular weight excluding hydrogens is 262 g/mol. The second-order valence-corrected chi connectivity index (χ2v) is 4.59. The Hall–Kier alpha value is -2.18. The Bertz CT molecular complexity index is 506. The van der Waals surface area contributed by atoms with Gasteiger partial charge in [0.15, 0.2) is 0 Å². The molecule has 0 aromatic carbocycles. The SMILES string of the molecule is CCOC(=O)C1CCCCN1c1cc([N+](=O)[O-])ccn1. The lowest BCUT2D eigenvalue weighted by atomic mass is 10.0. The molecule has 0 radical (unpaired) electrons. The molecule has 1 aliphatic heterocycles. The van der Waals surface area contributed by atoms with Gasteiger partial charge >= 0.3 is 5.97 Å². The Morgan fingerprint density at radius 3 is 3.10 bits per heavy atom. The van der Waals surface area contributed by atoms with Crippen molar-refractivity contribution in [3.63, 3.8) is 0 Å². The predicted molar refractivity (Wildman–Crippen MR) is 72.5 cm³/mol. The van der Waals surface area contributed by atoms with Crippen LogP contribution in [0.2, 0.25) is 0 Å². The molecule has 1 aromatic rings. The number of nitro groups is 1. The Kier molecular flexibility index (Phi) is 4.49. The molecular formula is C13H17N3O4. The monoisotopic (exact) mass is 279 g/mol. The molecule has 1 saturated heterocycles. The maximum absolute atomic E-state index is 12.0. The summed E-state index contributed by atoms with van der Waals surface area (Å²) in [6.07, 6.45) is 3.95. The fraction of sp³-hybridized carbons (Fsp3) is 0.538. The number of esters is 1. The van der Waals surface area contributed by atoms with Crippen molar-refractivity contribution in [2.24, 2.45) is 0 Å². The van der Waals surface area contributed by atoms with Crippen molar-refractivity contribution in [3.05, 3.63) is 28.4 Å². The first-order chi connectivity index (χ1) is 9.63. The van der Waals surface area contributed by atoms with E-state index in [2.05, 4.69) is 4.98 Å². The first-order valence-electron chi connectivity index (χ1n) is 6.67. The number of carbonyl (C=O) groups excluding carboxylic acids is 1. The summed E-state index contributed by atoms with van der Waals surface area (Å²) in [6.45, 7) is 2.74. The second kappa shape index (κ2) is 6.31. The maximum Gasteiger partial charge on any atom is 0.328 e. The molecule has 2 heterocycles. The molecule has 0 bridgehead atoms. The smallest absolute Gasteiger partial charge is 0.328 e. The summed E-state index contributed by atoms with van der Waals surface area (Å²) in [5.41, 5.74) is -0.0248. The molecule has 0 amide bonds. The van der Waals surface area contributed by atoms with E-state index in [9.17, 15) is 14.9 Å². The van der Waals surface area contributed by atoms with E-state index in [1.165, 1.54) is 18.3 Å². The fourth-order valence-corrected chi connectivity index (χ4v) is 2.37. The van der Waals surface area contributed by atoms with E-state index >= 15 is 0 Å². The van der Waals surface area contributed by atoms with Gasteiger partial charge in [0.2, 0.25) is 0 Å². The minimum absolute atomic E-state index is 0.0248. The van der Waals surface area contributed by atoms with Crippen LogP contribution in [0.15, 0.2) is 18.3 Å². The number of ether oxygens (including phenoxy) is 1.